The Morgan fingerprint density at radius 2 is 1.91 bits per heavy atom. The number of rotatable bonds is 4. The third kappa shape index (κ3) is 3.08. The second-order valence-electron chi connectivity index (χ2n) is 9.76. The highest BCUT2D eigenvalue weighted by Gasteiger charge is 2.59. The SMILES string of the molecule is COc1ccc2[nH]c3c(c2c1)CCN1C(=O)N(c2ccccc2C(=O)NC2CCCC2)C(=O)[C@]31C. The van der Waals surface area contributed by atoms with Gasteiger partial charge in [0.15, 0.2) is 5.54 Å². The molecule has 4 amide bonds. The highest BCUT2D eigenvalue weighted by Crippen LogP contribution is 2.46. The van der Waals surface area contributed by atoms with Crippen LogP contribution in [0.25, 0.3) is 10.9 Å². The van der Waals surface area contributed by atoms with Crippen molar-refractivity contribution in [3.63, 3.8) is 0 Å². The molecule has 2 fully saturated rings. The third-order valence-corrected chi connectivity index (χ3v) is 7.85. The normalized spacial score (nSPS) is 22.0. The minimum Gasteiger partial charge on any atom is -0.497 e. The van der Waals surface area contributed by atoms with Crippen LogP contribution >= 0.6 is 0 Å². The van der Waals surface area contributed by atoms with Crippen LogP contribution in [0.3, 0.4) is 0 Å². The zero-order valence-corrected chi connectivity index (χ0v) is 19.9. The lowest BCUT2D eigenvalue weighted by Crippen LogP contribution is -2.49. The van der Waals surface area contributed by atoms with Crippen molar-refractivity contribution in [3.05, 3.63) is 59.3 Å². The fourth-order valence-electron chi connectivity index (χ4n) is 5.95. The van der Waals surface area contributed by atoms with Gasteiger partial charge in [-0.25, -0.2) is 9.69 Å². The van der Waals surface area contributed by atoms with E-state index in [9.17, 15) is 14.4 Å². The van der Waals surface area contributed by atoms with Gasteiger partial charge in [0.05, 0.1) is 24.1 Å². The molecule has 0 spiro atoms. The number of urea groups is 1. The number of fused-ring (bicyclic) bond motifs is 5. The van der Waals surface area contributed by atoms with E-state index in [-0.39, 0.29) is 17.9 Å². The van der Waals surface area contributed by atoms with Crippen molar-refractivity contribution in [3.8, 4) is 5.75 Å². The predicted molar refractivity (Wildman–Crippen MR) is 132 cm³/mol. The van der Waals surface area contributed by atoms with Crippen LogP contribution in [0.15, 0.2) is 42.5 Å². The Morgan fingerprint density at radius 3 is 2.69 bits per heavy atom. The number of imide groups is 1. The Kier molecular flexibility index (Phi) is 4.88. The lowest BCUT2D eigenvalue weighted by atomic mass is 9.87. The van der Waals surface area contributed by atoms with E-state index in [4.69, 9.17) is 4.74 Å². The number of aromatic nitrogens is 1. The van der Waals surface area contributed by atoms with Crippen molar-refractivity contribution in [2.24, 2.45) is 0 Å². The number of benzene rings is 2. The van der Waals surface area contributed by atoms with Crippen LogP contribution in [-0.2, 0) is 16.8 Å². The molecule has 6 rings (SSSR count). The molecule has 0 unspecified atom stereocenters. The molecule has 8 heteroatoms. The number of nitrogens with zero attached hydrogens (tertiary/aromatic N) is 2. The molecular weight excluding hydrogens is 444 g/mol. The number of ether oxygens (including phenoxy) is 1. The largest absolute Gasteiger partial charge is 0.497 e. The minimum absolute atomic E-state index is 0.135. The van der Waals surface area contributed by atoms with Crippen LogP contribution in [0.2, 0.25) is 0 Å². The second-order valence-corrected chi connectivity index (χ2v) is 9.76. The fraction of sp³-hybridized carbons (Fsp3) is 0.370. The van der Waals surface area contributed by atoms with E-state index in [1.54, 1.807) is 43.2 Å². The number of aromatic amines is 1. The molecule has 1 atom stereocenters. The molecule has 0 radical (unpaired) electrons. The molecule has 8 nitrogen and oxygen atoms in total. The summed E-state index contributed by atoms with van der Waals surface area (Å²) in [6.45, 7) is 2.20. The van der Waals surface area contributed by atoms with Gasteiger partial charge in [-0.2, -0.15) is 0 Å². The molecule has 180 valence electrons. The molecule has 1 saturated heterocycles. The number of nitrogens with one attached hydrogen (secondary N) is 2. The van der Waals surface area contributed by atoms with Gasteiger partial charge in [-0.15, -0.1) is 0 Å². The second kappa shape index (κ2) is 7.86. The predicted octanol–water partition coefficient (Wildman–Crippen LogP) is 4.09. The number of hydrogen-bond acceptors (Lipinski definition) is 4. The van der Waals surface area contributed by atoms with E-state index in [1.165, 1.54) is 4.90 Å². The van der Waals surface area contributed by atoms with E-state index in [0.29, 0.717) is 24.2 Å². The first-order valence-electron chi connectivity index (χ1n) is 12.2. The summed E-state index contributed by atoms with van der Waals surface area (Å²) >= 11 is 0. The molecule has 3 aromatic rings. The lowest BCUT2D eigenvalue weighted by Gasteiger charge is -2.35. The highest BCUT2D eigenvalue weighted by atomic mass is 16.5. The smallest absolute Gasteiger partial charge is 0.332 e. The number of hydrogen-bond donors (Lipinski definition) is 2. The van der Waals surface area contributed by atoms with Crippen LogP contribution in [0.5, 0.6) is 5.75 Å². The number of methoxy groups -OCH3 is 1. The standard InChI is InChI=1S/C27H28N4O4/c1-27-23-18(20-15-17(35-2)11-12-21(20)29-23)13-14-30(27)26(34)31(25(27)33)22-10-6-5-9-19(22)24(32)28-16-7-3-4-8-16/h5-6,9-12,15-16,29H,3-4,7-8,13-14H2,1-2H3,(H,28,32)/t27-/m0/s1. The molecule has 2 aromatic carbocycles. The Morgan fingerprint density at radius 1 is 1.14 bits per heavy atom. The summed E-state index contributed by atoms with van der Waals surface area (Å²) in [5.41, 5.74) is 2.12. The van der Waals surface area contributed by atoms with E-state index in [0.717, 1.165) is 53.6 Å². The molecular formula is C27H28N4O4. The number of amides is 4. The number of para-hydroxylation sites is 1. The van der Waals surface area contributed by atoms with Crippen LogP contribution in [0.4, 0.5) is 10.5 Å². The average molecular weight is 473 g/mol. The van der Waals surface area contributed by atoms with Gasteiger partial charge in [0, 0.05) is 23.5 Å². The minimum atomic E-state index is -1.19. The van der Waals surface area contributed by atoms with Crippen molar-refractivity contribution in [1.29, 1.82) is 0 Å². The molecule has 2 aliphatic heterocycles. The van der Waals surface area contributed by atoms with Crippen LogP contribution < -0.4 is 15.0 Å². The van der Waals surface area contributed by atoms with E-state index < -0.39 is 11.6 Å². The van der Waals surface area contributed by atoms with Gasteiger partial charge < -0.3 is 19.9 Å². The topological polar surface area (TPSA) is 94.7 Å². The first-order valence-corrected chi connectivity index (χ1v) is 12.2. The molecule has 2 N–H and O–H groups in total. The summed E-state index contributed by atoms with van der Waals surface area (Å²) < 4.78 is 5.40. The van der Waals surface area contributed by atoms with E-state index >= 15 is 0 Å². The maximum Gasteiger partial charge on any atom is 0.332 e. The Labute approximate surface area is 203 Å². The third-order valence-electron chi connectivity index (χ3n) is 7.85. The van der Waals surface area contributed by atoms with Crippen molar-refractivity contribution in [1.82, 2.24) is 15.2 Å². The van der Waals surface area contributed by atoms with Gasteiger partial charge in [0.25, 0.3) is 11.8 Å². The van der Waals surface area contributed by atoms with E-state index in [2.05, 4.69) is 10.3 Å². The number of anilines is 1. The highest BCUT2D eigenvalue weighted by molar-refractivity contribution is 6.25. The molecule has 1 saturated carbocycles. The molecule has 1 aliphatic carbocycles. The maximum atomic E-state index is 14.0. The lowest BCUT2D eigenvalue weighted by molar-refractivity contribution is -0.125. The molecule has 1 aromatic heterocycles. The van der Waals surface area contributed by atoms with Crippen molar-refractivity contribution in [2.45, 2.75) is 50.6 Å². The number of H-pyrrole nitrogens is 1. The summed E-state index contributed by atoms with van der Waals surface area (Å²) in [6.07, 6.45) is 4.72. The van der Waals surface area contributed by atoms with Crippen molar-refractivity contribution in [2.75, 3.05) is 18.6 Å². The monoisotopic (exact) mass is 472 g/mol. The molecule has 0 bridgehead atoms. The van der Waals surface area contributed by atoms with Gasteiger partial charge >= 0.3 is 6.03 Å². The number of carbonyl (C=O) groups excluding carboxylic acids is 3. The van der Waals surface area contributed by atoms with Crippen molar-refractivity contribution < 1.29 is 19.1 Å². The fourth-order valence-corrected chi connectivity index (χ4v) is 5.95. The van der Waals surface area contributed by atoms with Crippen molar-refractivity contribution >= 4 is 34.4 Å². The van der Waals surface area contributed by atoms with Gasteiger partial charge in [-0.1, -0.05) is 25.0 Å². The zero-order chi connectivity index (χ0) is 24.3. The summed E-state index contributed by atoms with van der Waals surface area (Å²) in [6, 6.07) is 12.4. The Balaban J connectivity index is 1.41. The summed E-state index contributed by atoms with van der Waals surface area (Å²) in [4.78, 5) is 47.1. The Hall–Kier alpha value is -3.81. The number of carbonyl (C=O) groups is 3. The zero-order valence-electron chi connectivity index (χ0n) is 19.9. The van der Waals surface area contributed by atoms with Gasteiger partial charge in [0.2, 0.25) is 0 Å². The summed E-state index contributed by atoms with van der Waals surface area (Å²) in [5.74, 6) is 0.133. The molecule has 3 aliphatic rings. The maximum absolute atomic E-state index is 14.0. The summed E-state index contributed by atoms with van der Waals surface area (Å²) in [5, 5.41) is 4.08. The first-order chi connectivity index (χ1) is 16.9. The Bertz CT molecular complexity index is 1370. The molecule has 35 heavy (non-hydrogen) atoms. The van der Waals surface area contributed by atoms with Gasteiger partial charge in [-0.3, -0.25) is 9.59 Å². The van der Waals surface area contributed by atoms with Gasteiger partial charge in [-0.05, 0) is 62.1 Å². The molecule has 3 heterocycles. The first kappa shape index (κ1) is 21.7. The quantitative estimate of drug-likeness (QED) is 0.559. The van der Waals surface area contributed by atoms with Crippen LogP contribution in [0.1, 0.15) is 54.2 Å². The van der Waals surface area contributed by atoms with Gasteiger partial charge in [0.1, 0.15) is 5.75 Å². The van der Waals surface area contributed by atoms with E-state index in [1.807, 2.05) is 18.2 Å². The van der Waals surface area contributed by atoms with Crippen LogP contribution in [-0.4, -0.2) is 47.4 Å². The summed E-state index contributed by atoms with van der Waals surface area (Å²) in [7, 11) is 1.63. The van der Waals surface area contributed by atoms with Crippen LogP contribution in [0, 0.1) is 0 Å². The average Bonchev–Trinajstić information content (AvgIpc) is 3.56.